The van der Waals surface area contributed by atoms with E-state index in [0.29, 0.717) is 5.02 Å². The Balaban J connectivity index is 1.68. The number of aromatic nitrogens is 2. The number of aryl methyl sites for hydroxylation is 2. The van der Waals surface area contributed by atoms with Crippen LogP contribution in [0.1, 0.15) is 53.4 Å². The number of benzene rings is 1. The Morgan fingerprint density at radius 2 is 2.15 bits per heavy atom. The Morgan fingerprint density at radius 3 is 2.88 bits per heavy atom. The predicted molar refractivity (Wildman–Crippen MR) is 106 cm³/mol. The van der Waals surface area contributed by atoms with Gasteiger partial charge in [0.1, 0.15) is 0 Å². The summed E-state index contributed by atoms with van der Waals surface area (Å²) >= 11 is 6.03. The van der Waals surface area contributed by atoms with Crippen molar-refractivity contribution in [3.63, 3.8) is 0 Å². The van der Waals surface area contributed by atoms with Gasteiger partial charge in [-0.1, -0.05) is 18.5 Å². The lowest BCUT2D eigenvalue weighted by atomic mass is 9.88. The van der Waals surface area contributed by atoms with E-state index in [9.17, 15) is 4.79 Å². The van der Waals surface area contributed by atoms with Gasteiger partial charge in [0.2, 0.25) is 0 Å². The van der Waals surface area contributed by atoms with E-state index >= 15 is 0 Å². The molecule has 0 spiro atoms. The second kappa shape index (κ2) is 8.36. The Morgan fingerprint density at radius 1 is 1.35 bits per heavy atom. The number of piperidine rings is 1. The zero-order valence-electron chi connectivity index (χ0n) is 16.0. The maximum atomic E-state index is 13.0. The van der Waals surface area contributed by atoms with Gasteiger partial charge < -0.3 is 0 Å². The van der Waals surface area contributed by atoms with E-state index in [2.05, 4.69) is 28.5 Å². The van der Waals surface area contributed by atoms with Crippen molar-refractivity contribution in [1.82, 2.24) is 14.7 Å². The molecule has 1 unspecified atom stereocenters. The number of ketones is 1. The lowest BCUT2D eigenvalue weighted by Crippen LogP contribution is -2.38. The summed E-state index contributed by atoms with van der Waals surface area (Å²) in [7, 11) is 0. The largest absolute Gasteiger partial charge is 0.298 e. The SMILES string of the molecule is CCCn1ncc(CN2CCCC(C(=O)c3ccc(Cl)cc3C)C2)c1C. The van der Waals surface area contributed by atoms with E-state index in [1.807, 2.05) is 31.3 Å². The van der Waals surface area contributed by atoms with Crippen LogP contribution in [0.15, 0.2) is 24.4 Å². The van der Waals surface area contributed by atoms with Crippen molar-refractivity contribution in [3.05, 3.63) is 51.8 Å². The van der Waals surface area contributed by atoms with Gasteiger partial charge in [0, 0.05) is 47.4 Å². The number of hydrogen-bond donors (Lipinski definition) is 0. The molecule has 1 aliphatic rings. The number of nitrogens with zero attached hydrogens (tertiary/aromatic N) is 3. The van der Waals surface area contributed by atoms with Gasteiger partial charge in [0.25, 0.3) is 0 Å². The average molecular weight is 374 g/mol. The van der Waals surface area contributed by atoms with E-state index in [-0.39, 0.29) is 11.7 Å². The normalized spacial score (nSPS) is 18.2. The highest BCUT2D eigenvalue weighted by molar-refractivity contribution is 6.30. The number of Topliss-reactive ketones (excluding diaryl/α,β-unsaturated/α-hetero) is 1. The van der Waals surface area contributed by atoms with Crippen LogP contribution in [0.4, 0.5) is 0 Å². The highest BCUT2D eigenvalue weighted by Gasteiger charge is 2.28. The third-order valence-corrected chi connectivity index (χ3v) is 5.60. The number of carbonyl (C=O) groups is 1. The molecule has 26 heavy (non-hydrogen) atoms. The standard InChI is InChI=1S/C21H28ClN3O/c1-4-9-25-16(3)18(12-23-25)14-24-10-5-6-17(13-24)21(26)20-8-7-19(22)11-15(20)2/h7-8,11-12,17H,4-6,9-10,13-14H2,1-3H3. The van der Waals surface area contributed by atoms with Gasteiger partial charge in [-0.15, -0.1) is 0 Å². The van der Waals surface area contributed by atoms with Gasteiger partial charge in [0.05, 0.1) is 6.20 Å². The number of halogens is 1. The van der Waals surface area contributed by atoms with Crippen LogP contribution in [0.2, 0.25) is 5.02 Å². The molecule has 1 fully saturated rings. The van der Waals surface area contributed by atoms with E-state index in [1.54, 1.807) is 0 Å². The maximum Gasteiger partial charge on any atom is 0.167 e. The van der Waals surface area contributed by atoms with Crippen LogP contribution in [0, 0.1) is 19.8 Å². The molecule has 0 amide bonds. The summed E-state index contributed by atoms with van der Waals surface area (Å²) < 4.78 is 2.08. The van der Waals surface area contributed by atoms with Gasteiger partial charge in [-0.05, 0) is 63.4 Å². The van der Waals surface area contributed by atoms with E-state index in [0.717, 1.165) is 56.6 Å². The van der Waals surface area contributed by atoms with Gasteiger partial charge >= 0.3 is 0 Å². The lowest BCUT2D eigenvalue weighted by Gasteiger charge is -2.32. The van der Waals surface area contributed by atoms with Gasteiger partial charge in [-0.2, -0.15) is 5.10 Å². The van der Waals surface area contributed by atoms with Crippen LogP contribution < -0.4 is 0 Å². The first-order chi connectivity index (χ1) is 12.5. The van der Waals surface area contributed by atoms with Crippen LogP contribution in [-0.2, 0) is 13.1 Å². The lowest BCUT2D eigenvalue weighted by molar-refractivity contribution is 0.0811. The van der Waals surface area contributed by atoms with Gasteiger partial charge in [0.15, 0.2) is 5.78 Å². The van der Waals surface area contributed by atoms with Crippen molar-refractivity contribution in [2.45, 2.75) is 53.1 Å². The number of rotatable bonds is 6. The van der Waals surface area contributed by atoms with Crippen LogP contribution in [-0.4, -0.2) is 33.6 Å². The maximum absolute atomic E-state index is 13.0. The highest BCUT2D eigenvalue weighted by atomic mass is 35.5. The van der Waals surface area contributed by atoms with Crippen LogP contribution in [0.25, 0.3) is 0 Å². The fraction of sp³-hybridized carbons (Fsp3) is 0.524. The molecule has 3 rings (SSSR count). The smallest absolute Gasteiger partial charge is 0.167 e. The first-order valence-corrected chi connectivity index (χ1v) is 9.91. The summed E-state index contributed by atoms with van der Waals surface area (Å²) in [5, 5.41) is 5.19. The second-order valence-corrected chi connectivity index (χ2v) is 7.81. The fourth-order valence-corrected chi connectivity index (χ4v) is 4.08. The van der Waals surface area contributed by atoms with Crippen LogP contribution >= 0.6 is 11.6 Å². The van der Waals surface area contributed by atoms with Crippen molar-refractivity contribution < 1.29 is 4.79 Å². The third-order valence-electron chi connectivity index (χ3n) is 5.36. The van der Waals surface area contributed by atoms with Crippen LogP contribution in [0.3, 0.4) is 0 Å². The fourth-order valence-electron chi connectivity index (χ4n) is 3.86. The third kappa shape index (κ3) is 4.18. The number of hydrogen-bond acceptors (Lipinski definition) is 3. The van der Waals surface area contributed by atoms with E-state index in [4.69, 9.17) is 11.6 Å². The van der Waals surface area contributed by atoms with Crippen molar-refractivity contribution in [2.24, 2.45) is 5.92 Å². The molecule has 1 aromatic carbocycles. The van der Waals surface area contributed by atoms with E-state index in [1.165, 1.54) is 11.3 Å². The molecule has 140 valence electrons. The summed E-state index contributed by atoms with van der Waals surface area (Å²) in [6, 6.07) is 5.56. The highest BCUT2D eigenvalue weighted by Crippen LogP contribution is 2.25. The Hall–Kier alpha value is -1.65. The number of likely N-dealkylation sites (tertiary alicyclic amines) is 1. The van der Waals surface area contributed by atoms with Crippen molar-refractivity contribution in [3.8, 4) is 0 Å². The molecule has 4 nitrogen and oxygen atoms in total. The zero-order chi connectivity index (χ0) is 18.7. The van der Waals surface area contributed by atoms with Crippen molar-refractivity contribution >= 4 is 17.4 Å². The minimum atomic E-state index is 0.0645. The average Bonchev–Trinajstić information content (AvgIpc) is 2.95. The molecule has 0 radical (unpaired) electrons. The minimum absolute atomic E-state index is 0.0645. The molecule has 0 aliphatic carbocycles. The molecular weight excluding hydrogens is 346 g/mol. The molecular formula is C21H28ClN3O. The summed E-state index contributed by atoms with van der Waals surface area (Å²) in [5.41, 5.74) is 4.30. The van der Waals surface area contributed by atoms with Crippen molar-refractivity contribution in [1.29, 1.82) is 0 Å². The molecule has 0 bridgehead atoms. The molecule has 1 atom stereocenters. The quantitative estimate of drug-likeness (QED) is 0.691. The zero-order valence-corrected chi connectivity index (χ0v) is 16.7. The Bertz CT molecular complexity index is 784. The molecule has 1 aliphatic heterocycles. The summed E-state index contributed by atoms with van der Waals surface area (Å²) in [6.07, 6.45) is 5.10. The summed E-state index contributed by atoms with van der Waals surface area (Å²) in [5.74, 6) is 0.317. The van der Waals surface area contributed by atoms with Gasteiger partial charge in [-0.3, -0.25) is 14.4 Å². The first-order valence-electron chi connectivity index (χ1n) is 9.53. The predicted octanol–water partition coefficient (Wildman–Crippen LogP) is 4.66. The van der Waals surface area contributed by atoms with E-state index < -0.39 is 0 Å². The Kier molecular flexibility index (Phi) is 6.15. The molecule has 0 N–H and O–H groups in total. The molecule has 2 aromatic rings. The molecule has 5 heteroatoms. The van der Waals surface area contributed by atoms with Crippen molar-refractivity contribution in [2.75, 3.05) is 13.1 Å². The topological polar surface area (TPSA) is 38.1 Å². The number of carbonyl (C=O) groups excluding carboxylic acids is 1. The summed E-state index contributed by atoms with van der Waals surface area (Å²) in [6.45, 7) is 9.97. The molecule has 2 heterocycles. The molecule has 1 saturated heterocycles. The van der Waals surface area contributed by atoms with Crippen LogP contribution in [0.5, 0.6) is 0 Å². The summed E-state index contributed by atoms with van der Waals surface area (Å²) in [4.78, 5) is 15.4. The molecule has 0 saturated carbocycles. The minimum Gasteiger partial charge on any atom is -0.298 e. The van der Waals surface area contributed by atoms with Gasteiger partial charge in [-0.25, -0.2) is 0 Å². The first kappa shape index (κ1) is 19.1. The Labute approximate surface area is 161 Å². The monoisotopic (exact) mass is 373 g/mol. The second-order valence-electron chi connectivity index (χ2n) is 7.38. The molecule has 1 aromatic heterocycles.